The first-order valence-corrected chi connectivity index (χ1v) is 10.6. The zero-order valence-corrected chi connectivity index (χ0v) is 17.1. The van der Waals surface area contributed by atoms with Crippen molar-refractivity contribution in [2.75, 3.05) is 5.32 Å². The van der Waals surface area contributed by atoms with E-state index in [0.29, 0.717) is 11.3 Å². The molecule has 2 amide bonds. The van der Waals surface area contributed by atoms with Crippen LogP contribution in [-0.2, 0) is 4.79 Å². The second kappa shape index (κ2) is 7.20. The highest BCUT2D eigenvalue weighted by Crippen LogP contribution is 2.48. The van der Waals surface area contributed by atoms with Gasteiger partial charge in [-0.2, -0.15) is 5.10 Å². The van der Waals surface area contributed by atoms with Crippen LogP contribution in [0.4, 0.5) is 5.69 Å². The molecule has 3 N–H and O–H groups in total. The number of hydrazone groups is 1. The van der Waals surface area contributed by atoms with Gasteiger partial charge in [-0.3, -0.25) is 9.59 Å². The molecule has 156 valence electrons. The van der Waals surface area contributed by atoms with Gasteiger partial charge in [0.15, 0.2) is 0 Å². The number of anilines is 1. The molecule has 2 heterocycles. The highest BCUT2D eigenvalue weighted by atomic mass is 16.2. The van der Waals surface area contributed by atoms with Gasteiger partial charge in [0.05, 0.1) is 17.5 Å². The number of nitrogens with one attached hydrogen (secondary N) is 3. The number of nitrogens with zero attached hydrogens (tertiary/aromatic N) is 1. The van der Waals surface area contributed by atoms with Gasteiger partial charge < -0.3 is 10.3 Å². The quantitative estimate of drug-likeness (QED) is 0.449. The maximum atomic E-state index is 12.9. The van der Waals surface area contributed by atoms with Gasteiger partial charge in [-0.05, 0) is 35.6 Å². The molecule has 1 aliphatic heterocycles. The topological polar surface area (TPSA) is 86.3 Å². The summed E-state index contributed by atoms with van der Waals surface area (Å²) in [4.78, 5) is 29.0. The van der Waals surface area contributed by atoms with Gasteiger partial charge in [-0.15, -0.1) is 0 Å². The van der Waals surface area contributed by atoms with Crippen molar-refractivity contribution in [3.05, 3.63) is 89.5 Å². The third-order valence-corrected chi connectivity index (χ3v) is 6.23. The number of hydrogen-bond acceptors (Lipinski definition) is 3. The Morgan fingerprint density at radius 2 is 1.75 bits per heavy atom. The monoisotopic (exact) mass is 420 g/mol. The van der Waals surface area contributed by atoms with Gasteiger partial charge >= 0.3 is 0 Å². The van der Waals surface area contributed by atoms with Crippen LogP contribution in [0.25, 0.3) is 22.2 Å². The summed E-state index contributed by atoms with van der Waals surface area (Å²) in [5, 5.41) is 7.91. The summed E-state index contributed by atoms with van der Waals surface area (Å²) in [6, 6.07) is 23.6. The lowest BCUT2D eigenvalue weighted by atomic mass is 10.0. The number of hydrogen-bond donors (Lipinski definition) is 3. The van der Waals surface area contributed by atoms with E-state index < -0.39 is 0 Å². The molecule has 1 fully saturated rings. The largest absolute Gasteiger partial charge is 0.354 e. The van der Waals surface area contributed by atoms with Gasteiger partial charge in [0.1, 0.15) is 0 Å². The maximum Gasteiger partial charge on any atom is 0.272 e. The molecule has 1 unspecified atom stereocenters. The number of H-pyrrole nitrogens is 1. The van der Waals surface area contributed by atoms with E-state index in [-0.39, 0.29) is 23.7 Å². The molecular formula is C26H20N4O2. The molecule has 32 heavy (non-hydrogen) atoms. The van der Waals surface area contributed by atoms with Crippen LogP contribution < -0.4 is 10.7 Å². The van der Waals surface area contributed by atoms with Crippen LogP contribution in [-0.4, -0.2) is 23.0 Å². The van der Waals surface area contributed by atoms with E-state index in [1.165, 1.54) is 5.56 Å². The van der Waals surface area contributed by atoms with Crippen molar-refractivity contribution in [3.8, 4) is 11.3 Å². The SMILES string of the molecule is O=C1NN=Cc2c(-c3ccccc3)[nH]c3cc(NC(=O)C4C[C@H]4c4ccccc4)cc1c23. The van der Waals surface area contributed by atoms with E-state index >= 15 is 0 Å². The summed E-state index contributed by atoms with van der Waals surface area (Å²) >= 11 is 0. The molecule has 2 atom stereocenters. The fraction of sp³-hybridized carbons (Fsp3) is 0.115. The number of amides is 2. The Bertz CT molecular complexity index is 1390. The predicted molar refractivity (Wildman–Crippen MR) is 125 cm³/mol. The van der Waals surface area contributed by atoms with Crippen molar-refractivity contribution >= 4 is 34.6 Å². The highest BCUT2D eigenvalue weighted by molar-refractivity contribution is 6.18. The van der Waals surface area contributed by atoms with Crippen molar-refractivity contribution < 1.29 is 9.59 Å². The minimum Gasteiger partial charge on any atom is -0.354 e. The van der Waals surface area contributed by atoms with Gasteiger partial charge in [-0.25, -0.2) is 5.43 Å². The molecule has 1 aliphatic carbocycles. The number of carbonyl (C=O) groups is 2. The van der Waals surface area contributed by atoms with Gasteiger partial charge in [0.2, 0.25) is 5.91 Å². The maximum absolute atomic E-state index is 12.9. The number of aromatic nitrogens is 1. The first-order chi connectivity index (χ1) is 15.7. The van der Waals surface area contributed by atoms with Crippen LogP contribution >= 0.6 is 0 Å². The summed E-state index contributed by atoms with van der Waals surface area (Å²) in [5.41, 5.74) is 8.35. The molecule has 1 aromatic heterocycles. The first-order valence-electron chi connectivity index (χ1n) is 10.6. The molecule has 6 heteroatoms. The average Bonchev–Trinajstić information content (AvgIpc) is 3.57. The van der Waals surface area contributed by atoms with Crippen LogP contribution in [0.15, 0.2) is 77.9 Å². The summed E-state index contributed by atoms with van der Waals surface area (Å²) in [6.45, 7) is 0. The third kappa shape index (κ3) is 3.08. The smallest absolute Gasteiger partial charge is 0.272 e. The van der Waals surface area contributed by atoms with Crippen molar-refractivity contribution in [2.24, 2.45) is 11.0 Å². The van der Waals surface area contributed by atoms with E-state index in [1.54, 1.807) is 12.3 Å². The molecule has 0 bridgehead atoms. The van der Waals surface area contributed by atoms with Crippen LogP contribution in [0.5, 0.6) is 0 Å². The lowest BCUT2D eigenvalue weighted by Crippen LogP contribution is -2.18. The second-order valence-electron chi connectivity index (χ2n) is 8.27. The normalized spacial score (nSPS) is 18.8. The number of rotatable bonds is 4. The Hall–Kier alpha value is -4.19. The lowest BCUT2D eigenvalue weighted by molar-refractivity contribution is -0.117. The molecule has 3 aromatic carbocycles. The molecule has 4 aromatic rings. The molecule has 6 nitrogen and oxygen atoms in total. The van der Waals surface area contributed by atoms with Crippen molar-refractivity contribution in [1.29, 1.82) is 0 Å². The molecule has 0 radical (unpaired) electrons. The Labute approximate surface area is 184 Å². The Kier molecular flexibility index (Phi) is 4.18. The van der Waals surface area contributed by atoms with Crippen LogP contribution in [0.2, 0.25) is 0 Å². The third-order valence-electron chi connectivity index (χ3n) is 6.23. The molecule has 2 aliphatic rings. The molecule has 1 saturated carbocycles. The zero-order valence-electron chi connectivity index (χ0n) is 17.1. The summed E-state index contributed by atoms with van der Waals surface area (Å²) in [7, 11) is 0. The van der Waals surface area contributed by atoms with Crippen LogP contribution in [0.3, 0.4) is 0 Å². The van der Waals surface area contributed by atoms with E-state index in [4.69, 9.17) is 0 Å². The molecular weight excluding hydrogens is 400 g/mol. The fourth-order valence-corrected chi connectivity index (χ4v) is 4.57. The van der Waals surface area contributed by atoms with Crippen molar-refractivity contribution in [2.45, 2.75) is 12.3 Å². The van der Waals surface area contributed by atoms with Gasteiger partial charge in [0, 0.05) is 28.1 Å². The minimum atomic E-state index is -0.298. The number of carbonyl (C=O) groups excluding carboxylic acids is 2. The Morgan fingerprint density at radius 3 is 2.53 bits per heavy atom. The summed E-state index contributed by atoms with van der Waals surface area (Å²) < 4.78 is 0. The Morgan fingerprint density at radius 1 is 1.00 bits per heavy atom. The first kappa shape index (κ1) is 18.6. The average molecular weight is 420 g/mol. The van der Waals surface area contributed by atoms with Gasteiger partial charge in [0.25, 0.3) is 5.91 Å². The minimum absolute atomic E-state index is 0.0225. The molecule has 0 spiro atoms. The van der Waals surface area contributed by atoms with Crippen LogP contribution in [0, 0.1) is 5.92 Å². The lowest BCUT2D eigenvalue weighted by Gasteiger charge is -2.08. The Balaban J connectivity index is 1.36. The van der Waals surface area contributed by atoms with Crippen molar-refractivity contribution in [1.82, 2.24) is 10.4 Å². The zero-order chi connectivity index (χ0) is 21.7. The standard InChI is InChI=1S/C26H20N4O2/c31-25(19-13-18(19)15-7-3-1-4-8-15)28-17-11-20-23-21(14-27-30-26(20)32)24(29-22(23)12-17)16-9-5-2-6-10-16/h1-12,14,18-19,29H,13H2,(H,28,31)(H,30,32)/t18-,19?/m0/s1. The number of benzene rings is 3. The highest BCUT2D eigenvalue weighted by Gasteiger charge is 2.43. The molecule has 0 saturated heterocycles. The van der Waals surface area contributed by atoms with Crippen LogP contribution in [0.1, 0.15) is 33.8 Å². The second-order valence-corrected chi connectivity index (χ2v) is 8.27. The van der Waals surface area contributed by atoms with Gasteiger partial charge in [-0.1, -0.05) is 60.7 Å². The van der Waals surface area contributed by atoms with E-state index in [9.17, 15) is 9.59 Å². The summed E-state index contributed by atoms with van der Waals surface area (Å²) in [6.07, 6.45) is 2.51. The number of aromatic amines is 1. The fourth-order valence-electron chi connectivity index (χ4n) is 4.57. The van der Waals surface area contributed by atoms with E-state index in [2.05, 4.69) is 33.0 Å². The predicted octanol–water partition coefficient (Wildman–Crippen LogP) is 4.65. The summed E-state index contributed by atoms with van der Waals surface area (Å²) in [5.74, 6) is -0.123. The van der Waals surface area contributed by atoms with E-state index in [0.717, 1.165) is 34.1 Å². The van der Waals surface area contributed by atoms with Crippen molar-refractivity contribution in [3.63, 3.8) is 0 Å². The van der Waals surface area contributed by atoms with E-state index in [1.807, 2.05) is 54.6 Å². The molecule has 6 rings (SSSR count).